The lowest BCUT2D eigenvalue weighted by Gasteiger charge is -2.16. The molecule has 2 amide bonds. The van der Waals surface area contributed by atoms with Crippen LogP contribution < -0.4 is 15.8 Å². The molecule has 10 heteroatoms. The Balaban J connectivity index is 1.40. The summed E-state index contributed by atoms with van der Waals surface area (Å²) in [6.45, 7) is 1.45. The number of nitrogens with zero attached hydrogens (tertiary/aromatic N) is 1. The molecule has 3 aromatic rings. The minimum Gasteiger partial charge on any atom is -0.484 e. The zero-order chi connectivity index (χ0) is 22.8. The maximum Gasteiger partial charge on any atom is 0.336 e. The third-order valence-corrected chi connectivity index (χ3v) is 6.32. The van der Waals surface area contributed by atoms with Crippen LogP contribution in [0.4, 0.5) is 0 Å². The van der Waals surface area contributed by atoms with Crippen molar-refractivity contribution in [1.82, 2.24) is 10.4 Å². The lowest BCUT2D eigenvalue weighted by Crippen LogP contribution is -2.46. The first-order valence-electron chi connectivity index (χ1n) is 9.30. The monoisotopic (exact) mass is 530 g/mol. The van der Waals surface area contributed by atoms with Gasteiger partial charge in [-0.3, -0.25) is 15.0 Å². The summed E-state index contributed by atoms with van der Waals surface area (Å²) in [6.07, 6.45) is 1.71. The number of carbonyl (C=O) groups is 2. The Morgan fingerprint density at radius 2 is 1.97 bits per heavy atom. The summed E-state index contributed by atoms with van der Waals surface area (Å²) in [6, 6.07) is 13.8. The van der Waals surface area contributed by atoms with E-state index in [0.29, 0.717) is 16.2 Å². The predicted octanol–water partition coefficient (Wildman–Crippen LogP) is 4.18. The van der Waals surface area contributed by atoms with Crippen LogP contribution in [0.15, 0.2) is 67.1 Å². The van der Waals surface area contributed by atoms with Gasteiger partial charge in [-0.15, -0.1) is 0 Å². The molecule has 0 unspecified atom stereocenters. The normalized spacial score (nSPS) is 14.9. The van der Waals surface area contributed by atoms with Crippen LogP contribution in [-0.4, -0.2) is 27.8 Å². The SMILES string of the molecule is Cc1cc(=O)oc2cc(OCC(=O)NN3C(=O)/C(=C\c4ccc(Br)cc4)SC3=S)ccc12. The van der Waals surface area contributed by atoms with Crippen molar-refractivity contribution < 1.29 is 18.7 Å². The number of nitrogens with one attached hydrogen (secondary N) is 1. The van der Waals surface area contributed by atoms with Crippen molar-refractivity contribution >= 4 is 73.1 Å². The summed E-state index contributed by atoms with van der Waals surface area (Å²) in [5.74, 6) is -0.627. The zero-order valence-electron chi connectivity index (χ0n) is 16.6. The van der Waals surface area contributed by atoms with Gasteiger partial charge in [0.25, 0.3) is 11.8 Å². The molecule has 0 spiro atoms. The van der Waals surface area contributed by atoms with E-state index < -0.39 is 17.4 Å². The molecule has 1 aromatic heterocycles. The van der Waals surface area contributed by atoms with Crippen LogP contribution in [0, 0.1) is 6.92 Å². The van der Waals surface area contributed by atoms with Crippen molar-refractivity contribution in [2.75, 3.05) is 6.61 Å². The number of ether oxygens (including phenoxy) is 1. The summed E-state index contributed by atoms with van der Waals surface area (Å²) >= 11 is 9.69. The molecule has 0 aliphatic carbocycles. The van der Waals surface area contributed by atoms with E-state index in [0.717, 1.165) is 37.8 Å². The van der Waals surface area contributed by atoms with Crippen LogP contribution in [0.5, 0.6) is 5.75 Å². The van der Waals surface area contributed by atoms with Crippen molar-refractivity contribution in [2.24, 2.45) is 0 Å². The van der Waals surface area contributed by atoms with E-state index in [1.165, 1.54) is 12.1 Å². The Kier molecular flexibility index (Phi) is 6.45. The standard InChI is InChI=1S/C22H15BrN2O5S2/c1-12-8-20(27)30-17-10-15(6-7-16(12)17)29-11-19(26)24-25-21(28)18(32-22(25)31)9-13-2-4-14(23)5-3-13/h2-10H,11H2,1H3,(H,24,26)/b18-9+. The van der Waals surface area contributed by atoms with Gasteiger partial charge in [0.1, 0.15) is 11.3 Å². The second-order valence-corrected chi connectivity index (χ2v) is 9.39. The largest absolute Gasteiger partial charge is 0.484 e. The van der Waals surface area contributed by atoms with Gasteiger partial charge in [0.05, 0.1) is 4.91 Å². The van der Waals surface area contributed by atoms with Crippen LogP contribution in [0.25, 0.3) is 17.0 Å². The second-order valence-electron chi connectivity index (χ2n) is 6.80. The molecule has 1 fully saturated rings. The first-order chi connectivity index (χ1) is 15.3. The molecule has 2 aromatic carbocycles. The molecule has 162 valence electrons. The van der Waals surface area contributed by atoms with Crippen LogP contribution in [0.3, 0.4) is 0 Å². The number of amides is 2. The van der Waals surface area contributed by atoms with Gasteiger partial charge in [0, 0.05) is 22.0 Å². The second kappa shape index (κ2) is 9.27. The van der Waals surface area contributed by atoms with Gasteiger partial charge in [0.2, 0.25) is 0 Å². The summed E-state index contributed by atoms with van der Waals surface area (Å²) in [5, 5.41) is 1.80. The Morgan fingerprint density at radius 3 is 2.72 bits per heavy atom. The fraction of sp³-hybridized carbons (Fsp3) is 0.0909. The molecule has 1 N–H and O–H groups in total. The summed E-state index contributed by atoms with van der Waals surface area (Å²) in [7, 11) is 0. The van der Waals surface area contributed by atoms with Crippen molar-refractivity contribution in [3.05, 3.63) is 79.5 Å². The highest BCUT2D eigenvalue weighted by Gasteiger charge is 2.33. The molecule has 0 radical (unpaired) electrons. The van der Waals surface area contributed by atoms with Crippen LogP contribution >= 0.6 is 39.9 Å². The third-order valence-electron chi connectivity index (χ3n) is 4.49. The molecule has 1 saturated heterocycles. The minimum atomic E-state index is -0.558. The predicted molar refractivity (Wildman–Crippen MR) is 130 cm³/mol. The van der Waals surface area contributed by atoms with Gasteiger partial charge in [-0.1, -0.05) is 39.8 Å². The van der Waals surface area contributed by atoms with E-state index in [2.05, 4.69) is 21.4 Å². The first kappa shape index (κ1) is 22.3. The number of halogens is 1. The molecule has 7 nitrogen and oxygen atoms in total. The molecule has 1 aliphatic heterocycles. The van der Waals surface area contributed by atoms with E-state index in [1.807, 2.05) is 24.3 Å². The zero-order valence-corrected chi connectivity index (χ0v) is 19.8. The van der Waals surface area contributed by atoms with E-state index >= 15 is 0 Å². The first-order valence-corrected chi connectivity index (χ1v) is 11.3. The molecule has 32 heavy (non-hydrogen) atoms. The molecule has 0 atom stereocenters. The Hall–Kier alpha value is -2.95. The van der Waals surface area contributed by atoms with E-state index in [-0.39, 0.29) is 10.9 Å². The molecule has 2 heterocycles. The van der Waals surface area contributed by atoms with Crippen molar-refractivity contribution in [3.8, 4) is 5.75 Å². The summed E-state index contributed by atoms with van der Waals surface area (Å²) < 4.78 is 11.8. The number of aryl methyl sites for hydroxylation is 1. The van der Waals surface area contributed by atoms with Gasteiger partial charge in [0.15, 0.2) is 10.9 Å². The Labute approximate surface area is 200 Å². The number of fused-ring (bicyclic) bond motifs is 1. The van der Waals surface area contributed by atoms with E-state index in [9.17, 15) is 14.4 Å². The smallest absolute Gasteiger partial charge is 0.336 e. The number of hydrogen-bond acceptors (Lipinski definition) is 7. The van der Waals surface area contributed by atoms with Crippen LogP contribution in [0.1, 0.15) is 11.1 Å². The fourth-order valence-electron chi connectivity index (χ4n) is 2.98. The van der Waals surface area contributed by atoms with E-state index in [1.54, 1.807) is 25.1 Å². The summed E-state index contributed by atoms with van der Waals surface area (Å²) in [5.41, 5.74) is 3.98. The number of thioether (sulfide) groups is 1. The highest BCUT2D eigenvalue weighted by Crippen LogP contribution is 2.31. The Bertz CT molecular complexity index is 1330. The lowest BCUT2D eigenvalue weighted by molar-refractivity contribution is -0.134. The third kappa shape index (κ3) is 4.93. The highest BCUT2D eigenvalue weighted by molar-refractivity contribution is 9.10. The molecule has 1 aliphatic rings. The lowest BCUT2D eigenvalue weighted by atomic mass is 10.1. The van der Waals surface area contributed by atoms with Crippen molar-refractivity contribution in [2.45, 2.75) is 6.92 Å². The van der Waals surface area contributed by atoms with E-state index in [4.69, 9.17) is 21.4 Å². The van der Waals surface area contributed by atoms with Gasteiger partial charge in [-0.05, 0) is 60.6 Å². The molecule has 0 bridgehead atoms. The topological polar surface area (TPSA) is 88.8 Å². The molecule has 4 rings (SSSR count). The van der Waals surface area contributed by atoms with Crippen molar-refractivity contribution in [3.63, 3.8) is 0 Å². The summed E-state index contributed by atoms with van der Waals surface area (Å²) in [4.78, 5) is 37.0. The van der Waals surface area contributed by atoms with Gasteiger partial charge in [-0.25, -0.2) is 4.79 Å². The number of benzene rings is 2. The number of hydrazine groups is 1. The quantitative estimate of drug-likeness (QED) is 0.300. The van der Waals surface area contributed by atoms with Crippen molar-refractivity contribution in [1.29, 1.82) is 0 Å². The van der Waals surface area contributed by atoms with Crippen LogP contribution in [-0.2, 0) is 9.59 Å². The maximum atomic E-state index is 12.6. The van der Waals surface area contributed by atoms with Crippen LogP contribution in [0.2, 0.25) is 0 Å². The maximum absolute atomic E-state index is 12.6. The number of thiocarbonyl (C=S) groups is 1. The number of hydrogen-bond donors (Lipinski definition) is 1. The highest BCUT2D eigenvalue weighted by atomic mass is 79.9. The number of carbonyl (C=O) groups excluding carboxylic acids is 2. The van der Waals surface area contributed by atoms with Gasteiger partial charge < -0.3 is 9.15 Å². The Morgan fingerprint density at radius 1 is 1.22 bits per heavy atom. The molecule has 0 saturated carbocycles. The molecular formula is C22H15BrN2O5S2. The fourth-order valence-corrected chi connectivity index (χ4v) is 4.42. The minimum absolute atomic E-state index is 0.217. The molecular weight excluding hydrogens is 516 g/mol. The average molecular weight is 531 g/mol. The average Bonchev–Trinajstić information content (AvgIpc) is 3.01. The van der Waals surface area contributed by atoms with Gasteiger partial charge >= 0.3 is 5.63 Å². The van der Waals surface area contributed by atoms with Gasteiger partial charge in [-0.2, -0.15) is 5.01 Å². The number of rotatable bonds is 5.